The van der Waals surface area contributed by atoms with Crippen LogP contribution in [0.1, 0.15) is 32.1 Å². The summed E-state index contributed by atoms with van der Waals surface area (Å²) >= 11 is 0. The summed E-state index contributed by atoms with van der Waals surface area (Å²) in [5.41, 5.74) is 0. The van der Waals surface area contributed by atoms with Gasteiger partial charge in [-0.15, -0.1) is 0 Å². The van der Waals surface area contributed by atoms with Gasteiger partial charge in [-0.1, -0.05) is 25.7 Å². The first-order valence-electron chi connectivity index (χ1n) is 5.86. The van der Waals surface area contributed by atoms with Gasteiger partial charge in [0.1, 0.15) is 0 Å². The molecule has 3 heteroatoms. The molecule has 0 aromatic rings. The third kappa shape index (κ3) is 2.40. The topological polar surface area (TPSA) is 27.6 Å². The van der Waals surface area contributed by atoms with Crippen LogP contribution in [0.15, 0.2) is 4.99 Å². The Morgan fingerprint density at radius 1 is 1.43 bits per heavy atom. The van der Waals surface area contributed by atoms with Crippen molar-refractivity contribution in [2.75, 3.05) is 26.7 Å². The molecule has 80 valence electrons. The van der Waals surface area contributed by atoms with E-state index in [-0.39, 0.29) is 0 Å². The number of hydrogen-bond acceptors (Lipinski definition) is 3. The van der Waals surface area contributed by atoms with Crippen molar-refractivity contribution in [1.82, 2.24) is 10.2 Å². The van der Waals surface area contributed by atoms with Gasteiger partial charge in [0, 0.05) is 20.1 Å². The van der Waals surface area contributed by atoms with E-state index in [2.05, 4.69) is 22.3 Å². The first kappa shape index (κ1) is 9.81. The van der Waals surface area contributed by atoms with E-state index in [0.717, 1.165) is 31.5 Å². The van der Waals surface area contributed by atoms with Gasteiger partial charge in [0.15, 0.2) is 5.96 Å². The molecule has 1 saturated carbocycles. The Kier molecular flexibility index (Phi) is 3.27. The molecule has 0 bridgehead atoms. The van der Waals surface area contributed by atoms with Gasteiger partial charge in [0.25, 0.3) is 0 Å². The van der Waals surface area contributed by atoms with Crippen LogP contribution in [0.25, 0.3) is 0 Å². The number of rotatable bonds is 3. The number of likely N-dealkylation sites (N-methyl/N-ethyl adjacent to an activating group) is 1. The molecule has 0 spiro atoms. The van der Waals surface area contributed by atoms with Gasteiger partial charge >= 0.3 is 0 Å². The Morgan fingerprint density at radius 3 is 2.86 bits per heavy atom. The van der Waals surface area contributed by atoms with Crippen LogP contribution in [-0.2, 0) is 0 Å². The molecular formula is C11H21N3. The molecule has 1 aliphatic heterocycles. The lowest BCUT2D eigenvalue weighted by atomic mass is 10.0. The van der Waals surface area contributed by atoms with Gasteiger partial charge < -0.3 is 10.2 Å². The second kappa shape index (κ2) is 4.67. The van der Waals surface area contributed by atoms with Crippen molar-refractivity contribution in [2.24, 2.45) is 10.9 Å². The molecule has 1 N–H and O–H groups in total. The number of aliphatic imine (C=N–C) groups is 1. The summed E-state index contributed by atoms with van der Waals surface area (Å²) in [5.74, 6) is 2.08. The molecule has 1 heterocycles. The van der Waals surface area contributed by atoms with Crippen LogP contribution in [0.3, 0.4) is 0 Å². The van der Waals surface area contributed by atoms with Crippen molar-refractivity contribution in [3.8, 4) is 0 Å². The smallest absolute Gasteiger partial charge is 0.193 e. The minimum Gasteiger partial charge on any atom is -0.356 e. The molecular weight excluding hydrogens is 174 g/mol. The van der Waals surface area contributed by atoms with Crippen molar-refractivity contribution in [3.63, 3.8) is 0 Å². The first-order valence-corrected chi connectivity index (χ1v) is 5.86. The molecule has 0 amide bonds. The Bertz CT molecular complexity index is 207. The van der Waals surface area contributed by atoms with Gasteiger partial charge in [-0.2, -0.15) is 0 Å². The fourth-order valence-corrected chi connectivity index (χ4v) is 2.41. The summed E-state index contributed by atoms with van der Waals surface area (Å²) in [5, 5.41) is 3.43. The third-order valence-corrected chi connectivity index (χ3v) is 3.37. The molecule has 0 unspecified atom stereocenters. The zero-order valence-corrected chi connectivity index (χ0v) is 9.13. The minimum absolute atomic E-state index is 0.961. The van der Waals surface area contributed by atoms with E-state index in [0.29, 0.717) is 0 Å². The molecule has 3 nitrogen and oxygen atoms in total. The molecule has 14 heavy (non-hydrogen) atoms. The summed E-state index contributed by atoms with van der Waals surface area (Å²) in [6.07, 6.45) is 7.12. The van der Waals surface area contributed by atoms with Gasteiger partial charge in [0.2, 0.25) is 0 Å². The lowest BCUT2D eigenvalue weighted by Crippen LogP contribution is -2.36. The van der Waals surface area contributed by atoms with Crippen molar-refractivity contribution in [2.45, 2.75) is 32.1 Å². The summed E-state index contributed by atoms with van der Waals surface area (Å²) in [6.45, 7) is 3.14. The van der Waals surface area contributed by atoms with Crippen LogP contribution in [0.5, 0.6) is 0 Å². The average molecular weight is 195 g/mol. The first-order chi connectivity index (χ1) is 6.86. The van der Waals surface area contributed by atoms with Gasteiger partial charge in [0.05, 0.1) is 6.54 Å². The van der Waals surface area contributed by atoms with E-state index >= 15 is 0 Å². The number of guanidine groups is 1. The SMILES string of the molecule is CN1CCN=C1NCCC1CCCC1. The quantitative estimate of drug-likeness (QED) is 0.738. The Hall–Kier alpha value is -0.730. The summed E-state index contributed by atoms with van der Waals surface area (Å²) in [6, 6.07) is 0. The molecule has 0 radical (unpaired) electrons. The molecule has 1 aliphatic carbocycles. The normalized spacial score (nSPS) is 22.9. The molecule has 0 atom stereocenters. The average Bonchev–Trinajstić information content (AvgIpc) is 2.78. The predicted molar refractivity (Wildman–Crippen MR) is 59.5 cm³/mol. The molecule has 0 aromatic carbocycles. The zero-order chi connectivity index (χ0) is 9.80. The van der Waals surface area contributed by atoms with E-state index in [1.165, 1.54) is 32.1 Å². The highest BCUT2D eigenvalue weighted by molar-refractivity contribution is 5.81. The molecule has 0 aromatic heterocycles. The van der Waals surface area contributed by atoms with Gasteiger partial charge in [-0.3, -0.25) is 4.99 Å². The highest BCUT2D eigenvalue weighted by atomic mass is 15.3. The Labute approximate surface area is 86.6 Å². The van der Waals surface area contributed by atoms with Crippen LogP contribution < -0.4 is 5.32 Å². The van der Waals surface area contributed by atoms with E-state index < -0.39 is 0 Å². The largest absolute Gasteiger partial charge is 0.356 e. The van der Waals surface area contributed by atoms with Crippen LogP contribution in [0.2, 0.25) is 0 Å². The molecule has 2 aliphatic rings. The van der Waals surface area contributed by atoms with Crippen molar-refractivity contribution in [1.29, 1.82) is 0 Å². The monoisotopic (exact) mass is 195 g/mol. The maximum absolute atomic E-state index is 4.41. The number of hydrogen-bond donors (Lipinski definition) is 1. The lowest BCUT2D eigenvalue weighted by molar-refractivity contribution is 0.483. The molecule has 1 fully saturated rings. The van der Waals surface area contributed by atoms with Gasteiger partial charge in [-0.25, -0.2) is 0 Å². The Balaban J connectivity index is 1.62. The molecule has 0 saturated heterocycles. The fraction of sp³-hybridized carbons (Fsp3) is 0.909. The number of nitrogens with one attached hydrogen (secondary N) is 1. The predicted octanol–water partition coefficient (Wildman–Crippen LogP) is 1.46. The van der Waals surface area contributed by atoms with Gasteiger partial charge in [-0.05, 0) is 12.3 Å². The lowest BCUT2D eigenvalue weighted by Gasteiger charge is -2.16. The second-order valence-corrected chi connectivity index (χ2v) is 4.49. The van der Waals surface area contributed by atoms with Crippen LogP contribution in [0, 0.1) is 5.92 Å². The second-order valence-electron chi connectivity index (χ2n) is 4.49. The standard InChI is InChI=1S/C11H21N3/c1-14-9-8-13-11(14)12-7-6-10-4-2-3-5-10/h10H,2-9H2,1H3,(H,12,13). The van der Waals surface area contributed by atoms with E-state index in [1.807, 2.05) is 0 Å². The van der Waals surface area contributed by atoms with Crippen LogP contribution in [-0.4, -0.2) is 37.5 Å². The fourth-order valence-electron chi connectivity index (χ4n) is 2.41. The Morgan fingerprint density at radius 2 is 2.21 bits per heavy atom. The third-order valence-electron chi connectivity index (χ3n) is 3.37. The minimum atomic E-state index is 0.961. The van der Waals surface area contributed by atoms with E-state index in [1.54, 1.807) is 0 Å². The zero-order valence-electron chi connectivity index (χ0n) is 9.13. The van der Waals surface area contributed by atoms with Crippen molar-refractivity contribution >= 4 is 5.96 Å². The van der Waals surface area contributed by atoms with Crippen molar-refractivity contribution < 1.29 is 0 Å². The van der Waals surface area contributed by atoms with Crippen LogP contribution in [0.4, 0.5) is 0 Å². The maximum atomic E-state index is 4.41. The van der Waals surface area contributed by atoms with E-state index in [9.17, 15) is 0 Å². The highest BCUT2D eigenvalue weighted by Gasteiger charge is 2.16. The van der Waals surface area contributed by atoms with Crippen LogP contribution >= 0.6 is 0 Å². The summed E-state index contributed by atoms with van der Waals surface area (Å²) in [4.78, 5) is 6.62. The highest BCUT2D eigenvalue weighted by Crippen LogP contribution is 2.26. The molecule has 2 rings (SSSR count). The van der Waals surface area contributed by atoms with E-state index in [4.69, 9.17) is 0 Å². The van der Waals surface area contributed by atoms with Crippen molar-refractivity contribution in [3.05, 3.63) is 0 Å². The summed E-state index contributed by atoms with van der Waals surface area (Å²) in [7, 11) is 2.11. The number of nitrogens with zero attached hydrogens (tertiary/aromatic N) is 2. The summed E-state index contributed by atoms with van der Waals surface area (Å²) < 4.78 is 0. The maximum Gasteiger partial charge on any atom is 0.193 e.